The Balaban J connectivity index is 3.19. The largest absolute Gasteiger partial charge is 0.481 e. The van der Waals surface area contributed by atoms with Crippen molar-refractivity contribution >= 4 is 5.97 Å². The zero-order valence-electron chi connectivity index (χ0n) is 13.7. The molecule has 0 bridgehead atoms. The Hall–Kier alpha value is -1.13. The average Bonchev–Trinajstić information content (AvgIpc) is 2.50. The SMILES string of the molecule is O=C(O)CCCCCCC/C=C/C=C/CCCCCCOO. The molecule has 0 fully saturated rings. The van der Waals surface area contributed by atoms with E-state index in [0.717, 1.165) is 44.9 Å². The maximum atomic E-state index is 10.3. The van der Waals surface area contributed by atoms with Crippen molar-refractivity contribution in [2.24, 2.45) is 0 Å². The summed E-state index contributed by atoms with van der Waals surface area (Å²) < 4.78 is 0. The number of rotatable bonds is 16. The Morgan fingerprint density at radius 3 is 1.82 bits per heavy atom. The van der Waals surface area contributed by atoms with Crippen LogP contribution in [0.2, 0.25) is 0 Å². The number of carbonyl (C=O) groups is 1. The topological polar surface area (TPSA) is 66.8 Å². The molecule has 0 aliphatic carbocycles. The molecule has 22 heavy (non-hydrogen) atoms. The highest BCUT2D eigenvalue weighted by Gasteiger charge is 1.95. The zero-order chi connectivity index (χ0) is 16.3. The van der Waals surface area contributed by atoms with Crippen LogP contribution in [0.15, 0.2) is 24.3 Å². The second kappa shape index (κ2) is 17.9. The molecule has 0 aromatic carbocycles. The van der Waals surface area contributed by atoms with Crippen molar-refractivity contribution in [1.82, 2.24) is 0 Å². The average molecular weight is 312 g/mol. The highest BCUT2D eigenvalue weighted by atomic mass is 17.1. The number of unbranched alkanes of at least 4 members (excludes halogenated alkanes) is 9. The van der Waals surface area contributed by atoms with E-state index in [4.69, 9.17) is 10.4 Å². The molecule has 0 atom stereocenters. The maximum Gasteiger partial charge on any atom is 0.303 e. The lowest BCUT2D eigenvalue weighted by Gasteiger charge is -1.98. The van der Waals surface area contributed by atoms with E-state index in [-0.39, 0.29) is 0 Å². The highest BCUT2D eigenvalue weighted by Crippen LogP contribution is 2.08. The number of hydrogen-bond acceptors (Lipinski definition) is 3. The summed E-state index contributed by atoms with van der Waals surface area (Å²) in [5.41, 5.74) is 0. The van der Waals surface area contributed by atoms with E-state index in [1.165, 1.54) is 25.7 Å². The monoisotopic (exact) mass is 312 g/mol. The van der Waals surface area contributed by atoms with Crippen LogP contribution in [0.3, 0.4) is 0 Å². The third-order valence-electron chi connectivity index (χ3n) is 3.50. The van der Waals surface area contributed by atoms with Gasteiger partial charge in [-0.2, -0.15) is 0 Å². The summed E-state index contributed by atoms with van der Waals surface area (Å²) >= 11 is 0. The summed E-state index contributed by atoms with van der Waals surface area (Å²) in [7, 11) is 0. The Labute approximate surface area is 134 Å². The van der Waals surface area contributed by atoms with Crippen molar-refractivity contribution in [3.05, 3.63) is 24.3 Å². The van der Waals surface area contributed by atoms with Gasteiger partial charge in [0.2, 0.25) is 0 Å². The number of allylic oxidation sites excluding steroid dienone is 4. The van der Waals surface area contributed by atoms with Gasteiger partial charge in [-0.05, 0) is 38.5 Å². The van der Waals surface area contributed by atoms with Crippen LogP contribution in [0.4, 0.5) is 0 Å². The first-order valence-electron chi connectivity index (χ1n) is 8.57. The van der Waals surface area contributed by atoms with Gasteiger partial charge in [0.1, 0.15) is 0 Å². The van der Waals surface area contributed by atoms with Crippen LogP contribution < -0.4 is 0 Å². The van der Waals surface area contributed by atoms with Gasteiger partial charge in [-0.3, -0.25) is 10.1 Å². The van der Waals surface area contributed by atoms with Crippen molar-refractivity contribution in [2.45, 2.75) is 77.0 Å². The Kier molecular flexibility index (Phi) is 17.0. The lowest BCUT2D eigenvalue weighted by atomic mass is 10.1. The lowest BCUT2D eigenvalue weighted by molar-refractivity contribution is -0.242. The highest BCUT2D eigenvalue weighted by molar-refractivity contribution is 5.66. The van der Waals surface area contributed by atoms with E-state index in [2.05, 4.69) is 29.2 Å². The molecule has 0 spiro atoms. The molecule has 0 aliphatic rings. The number of hydrogen-bond donors (Lipinski definition) is 2. The molecule has 0 amide bonds. The van der Waals surface area contributed by atoms with Crippen LogP contribution in [0.1, 0.15) is 77.0 Å². The molecule has 0 radical (unpaired) electrons. The third kappa shape index (κ3) is 18.9. The molecule has 0 aromatic heterocycles. The van der Waals surface area contributed by atoms with E-state index >= 15 is 0 Å². The van der Waals surface area contributed by atoms with E-state index < -0.39 is 5.97 Å². The molecular weight excluding hydrogens is 280 g/mol. The lowest BCUT2D eigenvalue weighted by Crippen LogP contribution is -1.93. The standard InChI is InChI=1S/C18H32O4/c19-18(20)16-14-12-10-8-6-4-2-1-3-5-7-9-11-13-15-17-22-21/h1-3,5,21H,4,6-17H2,(H,19,20)/b2-1+,5-3+. The van der Waals surface area contributed by atoms with Gasteiger partial charge in [-0.25, -0.2) is 4.89 Å². The molecule has 4 heteroatoms. The van der Waals surface area contributed by atoms with Crippen LogP contribution >= 0.6 is 0 Å². The quantitative estimate of drug-likeness (QED) is 0.174. The van der Waals surface area contributed by atoms with Crippen molar-refractivity contribution in [3.63, 3.8) is 0 Å². The molecule has 0 aliphatic heterocycles. The number of carboxylic acids is 1. The fourth-order valence-electron chi connectivity index (χ4n) is 2.20. The first-order valence-corrected chi connectivity index (χ1v) is 8.57. The van der Waals surface area contributed by atoms with Gasteiger partial charge in [0.15, 0.2) is 0 Å². The molecule has 0 unspecified atom stereocenters. The second-order valence-corrected chi connectivity index (χ2v) is 5.59. The van der Waals surface area contributed by atoms with E-state index in [1.807, 2.05) is 0 Å². The molecular formula is C18H32O4. The molecule has 0 heterocycles. The zero-order valence-corrected chi connectivity index (χ0v) is 13.7. The van der Waals surface area contributed by atoms with Gasteiger partial charge in [0.25, 0.3) is 0 Å². The summed E-state index contributed by atoms with van der Waals surface area (Å²) in [5.74, 6) is -0.686. The molecule has 0 saturated carbocycles. The van der Waals surface area contributed by atoms with Crippen LogP contribution in [-0.4, -0.2) is 22.9 Å². The summed E-state index contributed by atoms with van der Waals surface area (Å²) in [6, 6.07) is 0. The van der Waals surface area contributed by atoms with Crippen LogP contribution in [0, 0.1) is 0 Å². The summed E-state index contributed by atoms with van der Waals surface area (Å²) in [6.07, 6.45) is 20.9. The Morgan fingerprint density at radius 1 is 0.773 bits per heavy atom. The normalized spacial score (nSPS) is 11.7. The number of aliphatic carboxylic acids is 1. The van der Waals surface area contributed by atoms with Crippen LogP contribution in [0.5, 0.6) is 0 Å². The van der Waals surface area contributed by atoms with E-state index in [1.54, 1.807) is 0 Å². The fraction of sp³-hybridized carbons (Fsp3) is 0.722. The van der Waals surface area contributed by atoms with E-state index in [0.29, 0.717) is 13.0 Å². The summed E-state index contributed by atoms with van der Waals surface area (Å²) in [4.78, 5) is 14.4. The van der Waals surface area contributed by atoms with E-state index in [9.17, 15) is 4.79 Å². The molecule has 128 valence electrons. The van der Waals surface area contributed by atoms with Gasteiger partial charge in [-0.15, -0.1) is 0 Å². The smallest absolute Gasteiger partial charge is 0.303 e. The van der Waals surface area contributed by atoms with Gasteiger partial charge >= 0.3 is 5.97 Å². The minimum absolute atomic E-state index is 0.305. The molecule has 4 nitrogen and oxygen atoms in total. The Morgan fingerprint density at radius 2 is 1.27 bits per heavy atom. The summed E-state index contributed by atoms with van der Waals surface area (Å²) in [6.45, 7) is 0.443. The minimum atomic E-state index is -0.686. The van der Waals surface area contributed by atoms with Crippen LogP contribution in [0.25, 0.3) is 0 Å². The predicted octanol–water partition coefficient (Wildman–Crippen LogP) is 5.35. The van der Waals surface area contributed by atoms with Crippen molar-refractivity contribution in [2.75, 3.05) is 6.61 Å². The van der Waals surface area contributed by atoms with Crippen molar-refractivity contribution in [1.29, 1.82) is 0 Å². The van der Waals surface area contributed by atoms with Gasteiger partial charge < -0.3 is 5.11 Å². The first kappa shape index (κ1) is 20.9. The second-order valence-electron chi connectivity index (χ2n) is 5.59. The van der Waals surface area contributed by atoms with Gasteiger partial charge in [-0.1, -0.05) is 56.4 Å². The van der Waals surface area contributed by atoms with Crippen LogP contribution in [-0.2, 0) is 9.68 Å². The molecule has 0 aromatic rings. The number of carboxylic acid groups (broad SMARTS) is 1. The van der Waals surface area contributed by atoms with Crippen molar-refractivity contribution in [3.8, 4) is 0 Å². The van der Waals surface area contributed by atoms with Gasteiger partial charge in [0.05, 0.1) is 6.61 Å². The third-order valence-corrected chi connectivity index (χ3v) is 3.50. The summed E-state index contributed by atoms with van der Waals surface area (Å²) in [5, 5.41) is 16.7. The molecule has 2 N–H and O–H groups in total. The fourth-order valence-corrected chi connectivity index (χ4v) is 2.20. The molecule has 0 saturated heterocycles. The Bertz CT molecular complexity index is 297. The maximum absolute atomic E-state index is 10.3. The minimum Gasteiger partial charge on any atom is -0.481 e. The first-order chi connectivity index (χ1) is 10.8. The predicted molar refractivity (Wildman–Crippen MR) is 89.9 cm³/mol. The van der Waals surface area contributed by atoms with Crippen molar-refractivity contribution < 1.29 is 20.0 Å². The van der Waals surface area contributed by atoms with Gasteiger partial charge in [0, 0.05) is 6.42 Å². The molecule has 0 rings (SSSR count).